The van der Waals surface area contributed by atoms with E-state index < -0.39 is 0 Å². The highest BCUT2D eigenvalue weighted by atomic mass is 19.1. The number of carbonyl (C=O) groups excluding carboxylic acids is 1. The summed E-state index contributed by atoms with van der Waals surface area (Å²) in [5.74, 6) is 0.213. The van der Waals surface area contributed by atoms with E-state index >= 15 is 0 Å². The van der Waals surface area contributed by atoms with E-state index in [0.717, 1.165) is 33.2 Å². The molecule has 5 heteroatoms. The van der Waals surface area contributed by atoms with Gasteiger partial charge in [0.1, 0.15) is 17.1 Å². The highest BCUT2D eigenvalue weighted by Gasteiger charge is 2.12. The maximum atomic E-state index is 12.9. The molecule has 0 spiro atoms. The van der Waals surface area contributed by atoms with Crippen LogP contribution in [0.2, 0.25) is 0 Å². The van der Waals surface area contributed by atoms with Gasteiger partial charge < -0.3 is 14.5 Å². The molecule has 3 rings (SSSR count). The van der Waals surface area contributed by atoms with Crippen LogP contribution in [-0.2, 0) is 11.2 Å². The van der Waals surface area contributed by atoms with Gasteiger partial charge in [-0.25, -0.2) is 4.39 Å². The van der Waals surface area contributed by atoms with Crippen LogP contribution < -0.4 is 10.1 Å². The third-order valence-electron chi connectivity index (χ3n) is 4.49. The van der Waals surface area contributed by atoms with E-state index in [1.807, 2.05) is 26.0 Å². The van der Waals surface area contributed by atoms with Gasteiger partial charge in [0.25, 0.3) is 0 Å². The van der Waals surface area contributed by atoms with Crippen LogP contribution in [0.3, 0.4) is 0 Å². The van der Waals surface area contributed by atoms with E-state index in [-0.39, 0.29) is 11.7 Å². The first-order chi connectivity index (χ1) is 13.0. The van der Waals surface area contributed by atoms with Crippen molar-refractivity contribution in [3.63, 3.8) is 0 Å². The summed E-state index contributed by atoms with van der Waals surface area (Å²) in [6.07, 6.45) is 3.90. The van der Waals surface area contributed by atoms with Crippen LogP contribution in [-0.4, -0.2) is 19.6 Å². The lowest BCUT2D eigenvalue weighted by Gasteiger charge is -2.10. The number of ether oxygens (including phenoxy) is 1. The van der Waals surface area contributed by atoms with Crippen molar-refractivity contribution in [1.82, 2.24) is 5.32 Å². The van der Waals surface area contributed by atoms with E-state index in [1.54, 1.807) is 31.6 Å². The lowest BCUT2D eigenvalue weighted by Crippen LogP contribution is -2.23. The smallest absolute Gasteiger partial charge is 0.244 e. The molecule has 140 valence electrons. The maximum absolute atomic E-state index is 12.9. The molecule has 0 radical (unpaired) electrons. The Morgan fingerprint density at radius 1 is 1.26 bits per heavy atom. The largest absolute Gasteiger partial charge is 0.496 e. The molecular formula is C22H22FNO3. The van der Waals surface area contributed by atoms with Crippen molar-refractivity contribution in [2.24, 2.45) is 0 Å². The Balaban J connectivity index is 1.70. The van der Waals surface area contributed by atoms with Gasteiger partial charge in [-0.2, -0.15) is 0 Å². The van der Waals surface area contributed by atoms with E-state index in [9.17, 15) is 9.18 Å². The first kappa shape index (κ1) is 18.7. The molecule has 0 atom stereocenters. The molecule has 0 aliphatic carbocycles. The van der Waals surface area contributed by atoms with Gasteiger partial charge >= 0.3 is 0 Å². The fourth-order valence-electron chi connectivity index (χ4n) is 2.97. The molecule has 1 aromatic heterocycles. The van der Waals surface area contributed by atoms with Crippen LogP contribution in [0.4, 0.5) is 4.39 Å². The van der Waals surface area contributed by atoms with Crippen molar-refractivity contribution in [2.75, 3.05) is 13.7 Å². The van der Waals surface area contributed by atoms with Crippen LogP contribution >= 0.6 is 0 Å². The Bertz CT molecular complexity index is 987. The van der Waals surface area contributed by atoms with Gasteiger partial charge in [0, 0.05) is 29.6 Å². The summed E-state index contributed by atoms with van der Waals surface area (Å²) >= 11 is 0. The molecule has 27 heavy (non-hydrogen) atoms. The summed E-state index contributed by atoms with van der Waals surface area (Å²) in [6.45, 7) is 4.33. The fraction of sp³-hybridized carbons (Fsp3) is 0.227. The second kappa shape index (κ2) is 8.08. The quantitative estimate of drug-likeness (QED) is 0.645. The van der Waals surface area contributed by atoms with Crippen molar-refractivity contribution in [1.29, 1.82) is 0 Å². The molecule has 3 aromatic rings. The molecule has 0 saturated carbocycles. The second-order valence-electron chi connectivity index (χ2n) is 6.46. The minimum Gasteiger partial charge on any atom is -0.496 e. The van der Waals surface area contributed by atoms with Crippen molar-refractivity contribution >= 4 is 22.4 Å². The highest BCUT2D eigenvalue weighted by Crippen LogP contribution is 2.33. The van der Waals surface area contributed by atoms with Crippen LogP contribution in [0.5, 0.6) is 5.75 Å². The number of allylic oxidation sites excluding steroid dienone is 1. The van der Waals surface area contributed by atoms with Gasteiger partial charge in [-0.1, -0.05) is 12.1 Å². The molecule has 0 unspecified atom stereocenters. The topological polar surface area (TPSA) is 51.5 Å². The first-order valence-electron chi connectivity index (χ1n) is 8.74. The molecule has 0 aliphatic rings. The van der Waals surface area contributed by atoms with Gasteiger partial charge in [-0.05, 0) is 55.2 Å². The van der Waals surface area contributed by atoms with E-state index in [4.69, 9.17) is 9.15 Å². The van der Waals surface area contributed by atoms with Crippen LogP contribution in [0.15, 0.2) is 53.2 Å². The van der Waals surface area contributed by atoms with Crippen molar-refractivity contribution in [3.05, 3.63) is 71.2 Å². The van der Waals surface area contributed by atoms with Crippen LogP contribution in [0.25, 0.3) is 16.5 Å². The number of amides is 1. The second-order valence-corrected chi connectivity index (χ2v) is 6.46. The molecule has 2 aromatic carbocycles. The Hall–Kier alpha value is -3.08. The predicted octanol–water partition coefficient (Wildman–Crippen LogP) is 4.65. The lowest BCUT2D eigenvalue weighted by atomic mass is 10.0. The Labute approximate surface area is 157 Å². The number of furan rings is 1. The zero-order chi connectivity index (χ0) is 19.4. The Morgan fingerprint density at radius 3 is 2.70 bits per heavy atom. The molecule has 0 fully saturated rings. The summed E-state index contributed by atoms with van der Waals surface area (Å²) < 4.78 is 23.9. The van der Waals surface area contributed by atoms with Gasteiger partial charge in [0.15, 0.2) is 0 Å². The van der Waals surface area contributed by atoms with E-state index in [0.29, 0.717) is 18.7 Å². The van der Waals surface area contributed by atoms with E-state index in [2.05, 4.69) is 5.32 Å². The average Bonchev–Trinajstić information content (AvgIpc) is 3.02. The summed E-state index contributed by atoms with van der Waals surface area (Å²) in [4.78, 5) is 12.2. The van der Waals surface area contributed by atoms with Gasteiger partial charge in [0.05, 0.1) is 13.4 Å². The Kier molecular flexibility index (Phi) is 5.60. The molecule has 4 nitrogen and oxygen atoms in total. The SMILES string of the molecule is COc1cc2occ(C)c2cc1/C(C)=C/C(=O)NCCc1ccc(F)cc1. The zero-order valence-electron chi connectivity index (χ0n) is 15.6. The first-order valence-corrected chi connectivity index (χ1v) is 8.74. The molecule has 0 bridgehead atoms. The zero-order valence-corrected chi connectivity index (χ0v) is 15.6. The normalized spacial score (nSPS) is 11.6. The maximum Gasteiger partial charge on any atom is 0.244 e. The number of aryl methyl sites for hydroxylation is 1. The van der Waals surface area contributed by atoms with Crippen molar-refractivity contribution in [2.45, 2.75) is 20.3 Å². The standard InChI is InChI=1S/C22H22FNO3/c1-14(10-22(25)24-9-8-16-4-6-17(23)7-5-16)18-11-19-15(2)13-27-21(19)12-20(18)26-3/h4-7,10-13H,8-9H2,1-3H3,(H,24,25)/b14-10+. The average molecular weight is 367 g/mol. The minimum atomic E-state index is -0.264. The molecule has 0 aliphatic heterocycles. The molecule has 1 heterocycles. The summed E-state index contributed by atoms with van der Waals surface area (Å²) in [7, 11) is 1.59. The number of halogens is 1. The van der Waals surface area contributed by atoms with Gasteiger partial charge in [0.2, 0.25) is 5.91 Å². The minimum absolute atomic E-state index is 0.180. The molecular weight excluding hydrogens is 345 g/mol. The monoisotopic (exact) mass is 367 g/mol. The summed E-state index contributed by atoms with van der Waals surface area (Å²) in [6, 6.07) is 10.1. The third kappa shape index (κ3) is 4.37. The predicted molar refractivity (Wildman–Crippen MR) is 104 cm³/mol. The highest BCUT2D eigenvalue weighted by molar-refractivity contribution is 5.97. The third-order valence-corrected chi connectivity index (χ3v) is 4.49. The number of nitrogens with one attached hydrogen (secondary N) is 1. The molecule has 0 saturated heterocycles. The number of methoxy groups -OCH3 is 1. The van der Waals surface area contributed by atoms with Gasteiger partial charge in [-0.15, -0.1) is 0 Å². The molecule has 1 amide bonds. The Morgan fingerprint density at radius 2 is 2.00 bits per heavy atom. The van der Waals surface area contributed by atoms with Gasteiger partial charge in [-0.3, -0.25) is 4.79 Å². The van der Waals surface area contributed by atoms with Crippen molar-refractivity contribution < 1.29 is 18.3 Å². The fourth-order valence-corrected chi connectivity index (χ4v) is 2.97. The number of rotatable bonds is 6. The number of fused-ring (bicyclic) bond motifs is 1. The number of carbonyl (C=O) groups is 1. The molecule has 1 N–H and O–H groups in total. The van der Waals surface area contributed by atoms with E-state index in [1.165, 1.54) is 12.1 Å². The van der Waals surface area contributed by atoms with Crippen LogP contribution in [0.1, 0.15) is 23.6 Å². The number of benzene rings is 2. The summed E-state index contributed by atoms with van der Waals surface area (Å²) in [5.41, 5.74) is 4.41. The van der Waals surface area contributed by atoms with Crippen molar-refractivity contribution in [3.8, 4) is 5.75 Å². The summed E-state index contributed by atoms with van der Waals surface area (Å²) in [5, 5.41) is 3.85. The number of hydrogen-bond acceptors (Lipinski definition) is 3. The van der Waals surface area contributed by atoms with Crippen LogP contribution in [0, 0.1) is 12.7 Å². The lowest BCUT2D eigenvalue weighted by molar-refractivity contribution is -0.116. The number of hydrogen-bond donors (Lipinski definition) is 1.